The second kappa shape index (κ2) is 7.83. The summed E-state index contributed by atoms with van der Waals surface area (Å²) in [5.41, 5.74) is 3.96. The Labute approximate surface area is 201 Å². The number of likely N-dealkylation sites (tertiary alicyclic amines) is 1. The number of hydrogen-bond acceptors (Lipinski definition) is 7. The fourth-order valence-corrected chi connectivity index (χ4v) is 7.37. The van der Waals surface area contributed by atoms with Gasteiger partial charge in [0.25, 0.3) is 0 Å². The Hall–Kier alpha value is -2.35. The van der Waals surface area contributed by atoms with Crippen molar-refractivity contribution in [3.8, 4) is 17.2 Å². The van der Waals surface area contributed by atoms with Gasteiger partial charge in [0.05, 0.1) is 33.1 Å². The number of methoxy groups -OCH3 is 2. The molecule has 2 saturated carbocycles. The molecule has 3 heterocycles. The summed E-state index contributed by atoms with van der Waals surface area (Å²) in [4.78, 5) is 7.00. The first-order valence-corrected chi connectivity index (χ1v) is 12.3. The quantitative estimate of drug-likeness (QED) is 0.738. The largest absolute Gasteiger partial charge is 0.493 e. The van der Waals surface area contributed by atoms with Gasteiger partial charge in [0.1, 0.15) is 5.75 Å². The molecule has 2 aliphatic carbocycles. The summed E-state index contributed by atoms with van der Waals surface area (Å²) in [7, 11) is 5.62. The van der Waals surface area contributed by atoms with E-state index in [0.29, 0.717) is 24.5 Å². The van der Waals surface area contributed by atoms with Gasteiger partial charge < -0.3 is 29.0 Å². The average Bonchev–Trinajstić information content (AvgIpc) is 3.14. The Morgan fingerprint density at radius 3 is 2.68 bits per heavy atom. The molecule has 2 aromatic rings. The van der Waals surface area contributed by atoms with Gasteiger partial charge in [0.2, 0.25) is 5.79 Å². The van der Waals surface area contributed by atoms with E-state index in [2.05, 4.69) is 29.1 Å². The number of pyridine rings is 1. The predicted octanol–water partition coefficient (Wildman–Crippen LogP) is 3.58. The van der Waals surface area contributed by atoms with E-state index in [1.165, 1.54) is 12.0 Å². The van der Waals surface area contributed by atoms with Crippen LogP contribution in [0, 0.1) is 18.8 Å². The minimum absolute atomic E-state index is 0.0374. The van der Waals surface area contributed by atoms with Crippen LogP contribution in [0.1, 0.15) is 48.1 Å². The highest BCUT2D eigenvalue weighted by Crippen LogP contribution is 2.65. The van der Waals surface area contributed by atoms with E-state index in [-0.39, 0.29) is 12.0 Å². The van der Waals surface area contributed by atoms with Gasteiger partial charge in [-0.2, -0.15) is 0 Å². The van der Waals surface area contributed by atoms with Gasteiger partial charge in [0.15, 0.2) is 11.5 Å². The molecule has 0 bridgehead atoms. The van der Waals surface area contributed by atoms with Crippen LogP contribution in [0.5, 0.6) is 17.2 Å². The van der Waals surface area contributed by atoms with E-state index in [4.69, 9.17) is 18.9 Å². The number of rotatable bonds is 4. The number of ether oxygens (including phenoxy) is 4. The highest BCUT2D eigenvalue weighted by molar-refractivity contribution is 5.48. The van der Waals surface area contributed by atoms with E-state index >= 15 is 0 Å². The third kappa shape index (κ3) is 2.84. The van der Waals surface area contributed by atoms with Gasteiger partial charge in [-0.15, -0.1) is 0 Å². The van der Waals surface area contributed by atoms with Crippen molar-refractivity contribution < 1.29 is 24.1 Å². The summed E-state index contributed by atoms with van der Waals surface area (Å²) in [5.74, 6) is 2.48. The maximum atomic E-state index is 9.81. The topological polar surface area (TPSA) is 73.3 Å². The minimum Gasteiger partial charge on any atom is -0.493 e. The molecule has 34 heavy (non-hydrogen) atoms. The Balaban J connectivity index is 1.42. The van der Waals surface area contributed by atoms with Crippen LogP contribution in [-0.2, 0) is 23.4 Å². The fraction of sp³-hybridized carbons (Fsp3) is 0.593. The third-order valence-corrected chi connectivity index (χ3v) is 9.22. The first-order valence-electron chi connectivity index (χ1n) is 12.3. The number of nitrogens with zero attached hydrogens (tertiary/aromatic N) is 2. The first kappa shape index (κ1) is 22.1. The monoisotopic (exact) mass is 466 g/mol. The maximum Gasteiger partial charge on any atom is 0.215 e. The summed E-state index contributed by atoms with van der Waals surface area (Å²) in [6, 6.07) is 6.77. The molecule has 7 nitrogen and oxygen atoms in total. The predicted molar refractivity (Wildman–Crippen MR) is 126 cm³/mol. The van der Waals surface area contributed by atoms with Gasteiger partial charge in [0, 0.05) is 41.1 Å². The zero-order chi connectivity index (χ0) is 23.7. The molecule has 6 rings (SSSR count). The Morgan fingerprint density at radius 1 is 1.18 bits per heavy atom. The molecule has 3 fully saturated rings. The summed E-state index contributed by atoms with van der Waals surface area (Å²) in [5, 5.41) is 9.81. The average molecular weight is 467 g/mol. The molecule has 0 radical (unpaired) electrons. The van der Waals surface area contributed by atoms with Gasteiger partial charge >= 0.3 is 0 Å². The van der Waals surface area contributed by atoms with Crippen molar-refractivity contribution in [3.63, 3.8) is 0 Å². The number of aryl methyl sites for hydroxylation is 1. The van der Waals surface area contributed by atoms with Crippen molar-refractivity contribution in [1.82, 2.24) is 9.88 Å². The molecule has 1 spiro atoms. The summed E-state index contributed by atoms with van der Waals surface area (Å²) in [6.45, 7) is 3.42. The van der Waals surface area contributed by atoms with Crippen molar-refractivity contribution in [2.45, 2.75) is 63.1 Å². The zero-order valence-corrected chi connectivity index (χ0v) is 20.5. The fourth-order valence-electron chi connectivity index (χ4n) is 7.37. The van der Waals surface area contributed by atoms with E-state index < -0.39 is 5.79 Å². The molecule has 1 aromatic carbocycles. The molecule has 2 aliphatic heterocycles. The molecule has 4 aliphatic rings. The van der Waals surface area contributed by atoms with Crippen LogP contribution in [0.4, 0.5) is 0 Å². The van der Waals surface area contributed by atoms with Crippen molar-refractivity contribution in [2.24, 2.45) is 11.8 Å². The molecule has 7 heteroatoms. The van der Waals surface area contributed by atoms with E-state index in [1.54, 1.807) is 20.4 Å². The van der Waals surface area contributed by atoms with E-state index in [0.717, 1.165) is 59.9 Å². The highest BCUT2D eigenvalue weighted by Gasteiger charge is 2.69. The molecule has 1 N–H and O–H groups in total. The number of benzene rings is 1. The number of likely N-dealkylation sites (N-methyl/N-ethyl adjacent to an activating group) is 1. The molecular weight excluding hydrogens is 432 g/mol. The molecule has 1 aromatic heterocycles. The lowest BCUT2D eigenvalue weighted by Gasteiger charge is -2.63. The van der Waals surface area contributed by atoms with Crippen LogP contribution in [0.2, 0.25) is 0 Å². The second-order valence-corrected chi connectivity index (χ2v) is 10.4. The van der Waals surface area contributed by atoms with Crippen molar-refractivity contribution >= 4 is 0 Å². The van der Waals surface area contributed by atoms with E-state index in [1.807, 2.05) is 13.0 Å². The molecular formula is C27H34N2O5. The summed E-state index contributed by atoms with van der Waals surface area (Å²) >= 11 is 0. The first-order chi connectivity index (χ1) is 16.5. The van der Waals surface area contributed by atoms with Crippen LogP contribution in [0.15, 0.2) is 24.4 Å². The minimum atomic E-state index is -0.653. The van der Waals surface area contributed by atoms with Crippen LogP contribution >= 0.6 is 0 Å². The maximum absolute atomic E-state index is 9.81. The normalized spacial score (nSPS) is 34.0. The lowest BCUT2D eigenvalue weighted by Crippen LogP contribution is -2.68. The van der Waals surface area contributed by atoms with Gasteiger partial charge in [-0.25, -0.2) is 0 Å². The lowest BCUT2D eigenvalue weighted by molar-refractivity contribution is -0.300. The standard InChI is InChI=1S/C27H34N2O5/c1-16-25-19(17(14-30)13-28-16)15-33-27(34-25)12-24-26(9-10-29(24)2,20-6-7-21(20)27)18-5-8-22(31-3)23(11-18)32-4/h5,8,11,13,20-21,24,30H,6-7,9-10,12,14-15H2,1-4H3/t20?,21-,24-,26-,27?/m0/s1. The summed E-state index contributed by atoms with van der Waals surface area (Å²) < 4.78 is 24.7. The van der Waals surface area contributed by atoms with Crippen molar-refractivity contribution in [2.75, 3.05) is 27.8 Å². The van der Waals surface area contributed by atoms with Gasteiger partial charge in [-0.3, -0.25) is 4.98 Å². The molecule has 2 unspecified atom stereocenters. The molecule has 182 valence electrons. The lowest BCUT2D eigenvalue weighted by atomic mass is 9.47. The molecule has 0 amide bonds. The van der Waals surface area contributed by atoms with Crippen LogP contribution < -0.4 is 14.2 Å². The van der Waals surface area contributed by atoms with Crippen molar-refractivity contribution in [1.29, 1.82) is 0 Å². The number of aliphatic hydroxyl groups is 1. The molecule has 1 saturated heterocycles. The van der Waals surface area contributed by atoms with Crippen LogP contribution in [0.3, 0.4) is 0 Å². The smallest absolute Gasteiger partial charge is 0.215 e. The zero-order valence-electron chi connectivity index (χ0n) is 20.5. The number of hydrogen-bond donors (Lipinski definition) is 1. The SMILES string of the molecule is COc1ccc([C@]23CCN(C)[C@H]2CC2(OCc4c(CO)cnc(C)c4O2)[C@H]2CCC23)cc1OC. The Kier molecular flexibility index (Phi) is 5.10. The number of aliphatic hydroxyl groups excluding tert-OH is 1. The number of aromatic nitrogens is 1. The molecule has 5 atom stereocenters. The van der Waals surface area contributed by atoms with Gasteiger partial charge in [-0.05, 0) is 63.4 Å². The Morgan fingerprint density at radius 2 is 1.97 bits per heavy atom. The van der Waals surface area contributed by atoms with Crippen LogP contribution in [-0.4, -0.2) is 54.6 Å². The van der Waals surface area contributed by atoms with Crippen LogP contribution in [0.25, 0.3) is 0 Å². The van der Waals surface area contributed by atoms with Gasteiger partial charge in [-0.1, -0.05) is 6.07 Å². The van der Waals surface area contributed by atoms with Crippen molar-refractivity contribution in [3.05, 3.63) is 46.8 Å². The highest BCUT2D eigenvalue weighted by atomic mass is 16.7. The van der Waals surface area contributed by atoms with E-state index in [9.17, 15) is 5.11 Å². The third-order valence-electron chi connectivity index (χ3n) is 9.22. The number of fused-ring (bicyclic) bond motifs is 5. The Bertz CT molecular complexity index is 1120. The summed E-state index contributed by atoms with van der Waals surface area (Å²) in [6.07, 6.45) is 5.92. The second-order valence-electron chi connectivity index (χ2n) is 10.4.